The van der Waals surface area contributed by atoms with Gasteiger partial charge >= 0.3 is 0 Å². The van der Waals surface area contributed by atoms with Gasteiger partial charge in [0.05, 0.1) is 25.5 Å². The van der Waals surface area contributed by atoms with E-state index in [1.807, 2.05) is 30.3 Å². The number of hydrogen-bond donors (Lipinski definition) is 2. The maximum absolute atomic E-state index is 14.4. The van der Waals surface area contributed by atoms with E-state index in [1.165, 1.54) is 88.2 Å². The van der Waals surface area contributed by atoms with E-state index in [0.29, 0.717) is 0 Å². The van der Waals surface area contributed by atoms with Gasteiger partial charge in [-0.25, -0.2) is 132 Å². The van der Waals surface area contributed by atoms with E-state index in [1.54, 1.807) is 0 Å². The van der Waals surface area contributed by atoms with Crippen molar-refractivity contribution in [3.05, 3.63) is 281 Å². The van der Waals surface area contributed by atoms with Crippen molar-refractivity contribution in [2.75, 3.05) is 0 Å². The smallest absolute Gasteiger partial charge is 0.200 e. The second-order valence-electron chi connectivity index (χ2n) is 25.6. The van der Waals surface area contributed by atoms with Gasteiger partial charge in [-0.05, 0) is 63.5 Å². The first-order valence-electron chi connectivity index (χ1n) is 32.6. The Labute approximate surface area is 596 Å². The van der Waals surface area contributed by atoms with Crippen LogP contribution in [0.15, 0.2) is 95.5 Å². The highest BCUT2D eigenvalue weighted by Crippen LogP contribution is 2.35. The van der Waals surface area contributed by atoms with Crippen molar-refractivity contribution in [2.45, 2.75) is 101 Å². The fourth-order valence-electron chi connectivity index (χ4n) is 14.5. The third-order valence-electron chi connectivity index (χ3n) is 19.7. The number of hydrogen-bond acceptors (Lipinski definition) is 0. The quantitative estimate of drug-likeness (QED) is 0.0658. The molecule has 0 amide bonds. The number of benzene rings is 9. The van der Waals surface area contributed by atoms with Crippen LogP contribution in [-0.2, 0) is 0 Å². The zero-order valence-corrected chi connectivity index (χ0v) is 56.0. The molecule has 2 aliphatic carbocycles. The van der Waals surface area contributed by atoms with Crippen LogP contribution < -0.4 is 43.4 Å². The molecule has 0 bridgehead atoms. The molecule has 4 fully saturated rings. The summed E-state index contributed by atoms with van der Waals surface area (Å²) < 4.78 is 419. The number of fused-ring (bicyclic) bond motifs is 2. The Hall–Kier alpha value is -8.59. The zero-order chi connectivity index (χ0) is 78.6. The van der Waals surface area contributed by atoms with E-state index in [4.69, 9.17) is 0 Å². The Balaban J connectivity index is 0.000000167. The van der Waals surface area contributed by atoms with Crippen LogP contribution in [0, 0.1) is 186 Å². The van der Waals surface area contributed by atoms with Gasteiger partial charge in [-0.3, -0.25) is 0 Å². The summed E-state index contributed by atoms with van der Waals surface area (Å²) in [5, 5.41) is 5.34. The van der Waals surface area contributed by atoms with Gasteiger partial charge < -0.3 is 10.6 Å². The molecule has 4 aliphatic rings. The molecule has 0 unspecified atom stereocenters. The minimum atomic E-state index is -5.16. The van der Waals surface area contributed by atoms with Crippen molar-refractivity contribution in [2.24, 2.45) is 11.8 Å². The number of quaternary nitrogens is 2. The molecule has 35 heteroatoms. The molecule has 2 aliphatic heterocycles. The van der Waals surface area contributed by atoms with Crippen LogP contribution in [0.2, 0.25) is 0 Å². The zero-order valence-electron chi connectivity index (χ0n) is 54.4. The number of nitrogens with two attached hydrogens (primary N) is 2. The Morgan fingerprint density at radius 3 is 0.579 bits per heavy atom. The summed E-state index contributed by atoms with van der Waals surface area (Å²) in [7, 11) is 0. The molecule has 0 radical (unpaired) electrons. The summed E-state index contributed by atoms with van der Waals surface area (Å²) in [6.45, 7) is -10.3. The van der Waals surface area contributed by atoms with Crippen LogP contribution in [0.5, 0.6) is 0 Å². The van der Waals surface area contributed by atoms with Crippen molar-refractivity contribution in [3.63, 3.8) is 0 Å². The highest BCUT2D eigenvalue weighted by Gasteiger charge is 2.42. The molecule has 9 aromatic rings. The molecule has 0 spiro atoms. The maximum Gasteiger partial charge on any atom is 0.200 e. The largest absolute Gasteiger partial charge is 0.337 e. The van der Waals surface area contributed by atoms with Gasteiger partial charge in [0.15, 0.2) is 105 Å². The van der Waals surface area contributed by atoms with Crippen molar-refractivity contribution >= 4 is 62.1 Å². The molecule has 4 N–H and O–H groups in total. The first kappa shape index (κ1) is 82.5. The van der Waals surface area contributed by atoms with Crippen LogP contribution in [0.4, 0.5) is 132 Å². The Bertz CT molecular complexity index is 3990. The SMILES string of the molecule is Brc1ccccc1.Fc1c(F)c(F)c([BH-](c2c(F)c(F)c(F)c(F)c2F)c2c(F)c(F)c(F)c(F)c2F)c(F)c1F.Fc1c(F)c(F)c([BH-](c2c(F)c(F)c(F)c(F)c2F)c2c(F)c(F)c(F)c(F)c2F)c(F)c1F.c1ccc([C@@H]2CC[C@@H]3CCCC[C@@H]3[NH2+]2)cc1.c1ccc([C@@H]2CC[C@@H]3CCCC[C@@H]3[NH2+]2)cc1. The highest BCUT2D eigenvalue weighted by atomic mass is 79.9. The van der Waals surface area contributed by atoms with Crippen LogP contribution in [0.1, 0.15) is 100 Å². The normalized spacial score (nSPS) is 18.3. The van der Waals surface area contributed by atoms with Crippen molar-refractivity contribution in [1.29, 1.82) is 0 Å². The molecule has 107 heavy (non-hydrogen) atoms. The molecule has 2 heterocycles. The number of halogens is 31. The lowest BCUT2D eigenvalue weighted by atomic mass is 9.36. The number of piperidine rings is 2. The Kier molecular flexibility index (Phi) is 26.8. The van der Waals surface area contributed by atoms with Crippen molar-refractivity contribution in [3.8, 4) is 0 Å². The van der Waals surface area contributed by atoms with E-state index in [0.717, 1.165) is 40.5 Å². The minimum absolute atomic E-state index is 0.737. The predicted molar refractivity (Wildman–Crippen MR) is 336 cm³/mol. The topological polar surface area (TPSA) is 33.2 Å². The van der Waals surface area contributed by atoms with Gasteiger partial charge in [-0.1, -0.05) is 108 Å². The maximum atomic E-state index is 14.4. The van der Waals surface area contributed by atoms with E-state index in [-0.39, 0.29) is 0 Å². The highest BCUT2D eigenvalue weighted by molar-refractivity contribution is 9.10. The van der Waals surface area contributed by atoms with Crippen molar-refractivity contribution < 1.29 is 142 Å². The third-order valence-corrected chi connectivity index (χ3v) is 20.2. The summed E-state index contributed by atoms with van der Waals surface area (Å²) in [5.74, 6) is -87.6. The fourth-order valence-corrected chi connectivity index (χ4v) is 14.8. The lowest BCUT2D eigenvalue weighted by molar-refractivity contribution is -0.745. The van der Waals surface area contributed by atoms with E-state index in [9.17, 15) is 132 Å². The molecule has 13 rings (SSSR count). The predicted octanol–water partition coefficient (Wildman–Crippen LogP) is 15.8. The first-order valence-corrected chi connectivity index (χ1v) is 33.3. The molecular formula is C72H51B2BrF30N2. The number of rotatable bonds is 8. The average Bonchev–Trinajstić information content (AvgIpc) is 0.734. The van der Waals surface area contributed by atoms with Gasteiger partial charge in [0.2, 0.25) is 0 Å². The Morgan fingerprint density at radius 2 is 0.393 bits per heavy atom. The van der Waals surface area contributed by atoms with Gasteiger partial charge in [0.25, 0.3) is 0 Å². The first-order chi connectivity index (χ1) is 50.6. The summed E-state index contributed by atoms with van der Waals surface area (Å²) in [5.41, 5.74) is -12.5. The van der Waals surface area contributed by atoms with Crippen LogP contribution >= 0.6 is 15.9 Å². The molecular weight excluding hydrogens is 1560 g/mol. The second kappa shape index (κ2) is 34.8. The van der Waals surface area contributed by atoms with Gasteiger partial charge in [0, 0.05) is 40.3 Å². The molecule has 2 nitrogen and oxygen atoms in total. The average molecular weight is 1620 g/mol. The second-order valence-corrected chi connectivity index (χ2v) is 26.6. The fraction of sp³-hybridized carbons (Fsp3) is 0.250. The molecule has 6 atom stereocenters. The van der Waals surface area contributed by atoms with Crippen molar-refractivity contribution in [1.82, 2.24) is 0 Å². The summed E-state index contributed by atoms with van der Waals surface area (Å²) in [6, 6.07) is 35.4. The lowest BCUT2D eigenvalue weighted by Crippen LogP contribution is -2.94. The van der Waals surface area contributed by atoms with Gasteiger partial charge in [0.1, 0.15) is 81.9 Å². The molecule has 2 saturated heterocycles. The van der Waals surface area contributed by atoms with Gasteiger partial charge in [-0.2, -0.15) is 0 Å². The molecule has 0 aromatic heterocycles. The monoisotopic (exact) mass is 1610 g/mol. The van der Waals surface area contributed by atoms with E-state index in [2.05, 4.69) is 87.2 Å². The van der Waals surface area contributed by atoms with Gasteiger partial charge in [-0.15, -0.1) is 32.8 Å². The summed E-state index contributed by atoms with van der Waals surface area (Å²) in [6.07, 6.45) is 17.4. The minimum Gasteiger partial charge on any atom is -0.337 e. The molecule has 572 valence electrons. The molecule has 9 aromatic carbocycles. The third kappa shape index (κ3) is 16.6. The summed E-state index contributed by atoms with van der Waals surface area (Å²) in [4.78, 5) is 0. The van der Waals surface area contributed by atoms with E-state index >= 15 is 0 Å². The van der Waals surface area contributed by atoms with Crippen LogP contribution in [-0.4, -0.2) is 25.5 Å². The summed E-state index contributed by atoms with van der Waals surface area (Å²) >= 11 is 3.31. The van der Waals surface area contributed by atoms with Crippen LogP contribution in [0.25, 0.3) is 0 Å². The van der Waals surface area contributed by atoms with E-state index < -0.39 is 221 Å². The lowest BCUT2D eigenvalue weighted by Gasteiger charge is -2.37. The molecule has 2 saturated carbocycles. The standard InChI is InChI=1S/2C18HBF15.2C15H21N.C6H5Br/c2*20-4-1(5(21)11(27)16(32)10(4)26)19(2-6(22)12(28)17(33)13(29)7(2)23)3-8(24)14(30)18(34)15(31)9(3)25;2*1-2-6-12(7-3-1)15-11-10-13-8-4-5-9-14(13)16-15;7-6-4-2-1-3-5-6/h2*19H;2*1-3,6-7,13-16H,4-5,8-11H2;1-5H/q2*-1;;;/p+2/t;;2*13-,14-,15-;/m..00./s1. The Morgan fingerprint density at radius 1 is 0.215 bits per heavy atom. The van der Waals surface area contributed by atoms with Crippen LogP contribution in [0.3, 0.4) is 0 Å².